The molecule has 1 saturated heterocycles. The maximum absolute atomic E-state index is 12.4. The first-order valence-corrected chi connectivity index (χ1v) is 10.1. The highest BCUT2D eigenvalue weighted by Gasteiger charge is 2.22. The van der Waals surface area contributed by atoms with Crippen LogP contribution in [0.15, 0.2) is 29.2 Å². The van der Waals surface area contributed by atoms with Crippen molar-refractivity contribution >= 4 is 17.7 Å². The van der Waals surface area contributed by atoms with E-state index >= 15 is 0 Å². The molecule has 0 saturated carbocycles. The summed E-state index contributed by atoms with van der Waals surface area (Å²) >= 11 is 1.65. The van der Waals surface area contributed by atoms with E-state index in [0.29, 0.717) is 5.75 Å². The molecular weight excluding hydrogens is 316 g/mol. The molecule has 1 aromatic carbocycles. The lowest BCUT2D eigenvalue weighted by Crippen LogP contribution is -2.41. The van der Waals surface area contributed by atoms with Gasteiger partial charge < -0.3 is 10.2 Å². The van der Waals surface area contributed by atoms with E-state index < -0.39 is 0 Å². The lowest BCUT2D eigenvalue weighted by molar-refractivity contribution is -0.129. The van der Waals surface area contributed by atoms with Crippen LogP contribution in [0.4, 0.5) is 0 Å². The van der Waals surface area contributed by atoms with Gasteiger partial charge in [0.05, 0.1) is 5.75 Å². The lowest BCUT2D eigenvalue weighted by atomic mass is 9.87. The first-order valence-electron chi connectivity index (χ1n) is 9.12. The van der Waals surface area contributed by atoms with Crippen molar-refractivity contribution < 1.29 is 4.79 Å². The highest BCUT2D eigenvalue weighted by molar-refractivity contribution is 8.00. The molecule has 1 aliphatic heterocycles. The summed E-state index contributed by atoms with van der Waals surface area (Å²) in [5, 5.41) is 3.42. The smallest absolute Gasteiger partial charge is 0.232 e. The predicted molar refractivity (Wildman–Crippen MR) is 104 cm³/mol. The Morgan fingerprint density at radius 1 is 1.21 bits per heavy atom. The fraction of sp³-hybridized carbons (Fsp3) is 0.650. The van der Waals surface area contributed by atoms with E-state index in [1.807, 2.05) is 4.90 Å². The summed E-state index contributed by atoms with van der Waals surface area (Å²) in [5.41, 5.74) is 1.51. The molecule has 0 aromatic heterocycles. The lowest BCUT2D eigenvalue weighted by Gasteiger charge is -2.32. The minimum absolute atomic E-state index is 0.177. The maximum atomic E-state index is 12.4. The van der Waals surface area contributed by atoms with Crippen molar-refractivity contribution in [3.8, 4) is 0 Å². The van der Waals surface area contributed by atoms with E-state index in [1.54, 1.807) is 11.8 Å². The van der Waals surface area contributed by atoms with Gasteiger partial charge in [0.1, 0.15) is 0 Å². The van der Waals surface area contributed by atoms with Crippen LogP contribution in [0.25, 0.3) is 0 Å². The van der Waals surface area contributed by atoms with Gasteiger partial charge in [-0.1, -0.05) is 39.8 Å². The average Bonchev–Trinajstić information content (AvgIpc) is 2.58. The number of benzene rings is 1. The third-order valence-corrected chi connectivity index (χ3v) is 5.73. The molecule has 1 fully saturated rings. The molecule has 1 amide bonds. The molecule has 1 aliphatic rings. The van der Waals surface area contributed by atoms with Crippen molar-refractivity contribution in [3.05, 3.63) is 29.8 Å². The highest BCUT2D eigenvalue weighted by atomic mass is 32.2. The van der Waals surface area contributed by atoms with Crippen molar-refractivity contribution in [2.45, 2.75) is 50.8 Å². The van der Waals surface area contributed by atoms with Crippen molar-refractivity contribution in [2.75, 3.05) is 31.9 Å². The van der Waals surface area contributed by atoms with Gasteiger partial charge in [-0.25, -0.2) is 0 Å². The van der Waals surface area contributed by atoms with Crippen LogP contribution >= 0.6 is 11.8 Å². The van der Waals surface area contributed by atoms with Gasteiger partial charge in [0.15, 0.2) is 0 Å². The van der Waals surface area contributed by atoms with Crippen LogP contribution in [0.5, 0.6) is 0 Å². The molecule has 0 spiro atoms. The first-order chi connectivity index (χ1) is 11.4. The molecular formula is C20H32N2OS. The molecule has 0 unspecified atom stereocenters. The fourth-order valence-electron chi connectivity index (χ4n) is 3.02. The van der Waals surface area contributed by atoms with Crippen molar-refractivity contribution in [2.24, 2.45) is 5.92 Å². The van der Waals surface area contributed by atoms with Gasteiger partial charge in [-0.2, -0.15) is 0 Å². The highest BCUT2D eigenvalue weighted by Crippen LogP contribution is 2.26. The summed E-state index contributed by atoms with van der Waals surface area (Å²) in [6.45, 7) is 12.8. The molecule has 0 aliphatic carbocycles. The van der Waals surface area contributed by atoms with Crippen LogP contribution in [0.1, 0.15) is 46.1 Å². The van der Waals surface area contributed by atoms with Gasteiger partial charge in [-0.3, -0.25) is 4.79 Å². The van der Waals surface area contributed by atoms with Gasteiger partial charge >= 0.3 is 0 Å². The van der Waals surface area contributed by atoms with E-state index in [0.717, 1.165) is 44.9 Å². The van der Waals surface area contributed by atoms with Gasteiger partial charge in [0.2, 0.25) is 5.91 Å². The topological polar surface area (TPSA) is 32.3 Å². The van der Waals surface area contributed by atoms with E-state index in [2.05, 4.69) is 57.3 Å². The predicted octanol–water partition coefficient (Wildman–Crippen LogP) is 3.92. The second-order valence-electron chi connectivity index (χ2n) is 7.69. The summed E-state index contributed by atoms with van der Waals surface area (Å²) in [4.78, 5) is 15.6. The number of thioether (sulfide) groups is 1. The summed E-state index contributed by atoms with van der Waals surface area (Å²) in [7, 11) is 0. The maximum Gasteiger partial charge on any atom is 0.232 e. The number of hydrogen-bond donors (Lipinski definition) is 1. The van der Waals surface area contributed by atoms with Gasteiger partial charge in [-0.15, -0.1) is 11.8 Å². The number of carbonyl (C=O) groups is 1. The molecule has 0 radical (unpaired) electrons. The van der Waals surface area contributed by atoms with Crippen LogP contribution in [0, 0.1) is 5.92 Å². The first kappa shape index (κ1) is 19.3. The zero-order valence-electron chi connectivity index (χ0n) is 15.6. The molecule has 0 atom stereocenters. The number of nitrogens with one attached hydrogen (secondary N) is 1. The van der Waals surface area contributed by atoms with Crippen molar-refractivity contribution in [3.63, 3.8) is 0 Å². The second-order valence-corrected chi connectivity index (χ2v) is 8.74. The molecule has 1 N–H and O–H groups in total. The Morgan fingerprint density at radius 3 is 2.38 bits per heavy atom. The Labute approximate surface area is 151 Å². The summed E-state index contributed by atoms with van der Waals surface area (Å²) in [6, 6.07) is 8.64. The van der Waals surface area contributed by atoms with E-state index in [4.69, 9.17) is 0 Å². The van der Waals surface area contributed by atoms with Crippen LogP contribution in [0.3, 0.4) is 0 Å². The molecule has 2 rings (SSSR count). The normalized spacial score (nSPS) is 16.4. The largest absolute Gasteiger partial charge is 0.342 e. The zero-order valence-corrected chi connectivity index (χ0v) is 16.4. The summed E-state index contributed by atoms with van der Waals surface area (Å²) in [5.74, 6) is 1.56. The number of hydrogen-bond acceptors (Lipinski definition) is 3. The van der Waals surface area contributed by atoms with Gasteiger partial charge in [-0.05, 0) is 55.0 Å². The quantitative estimate of drug-likeness (QED) is 0.791. The van der Waals surface area contributed by atoms with E-state index in [1.165, 1.54) is 10.5 Å². The fourth-order valence-corrected chi connectivity index (χ4v) is 3.82. The number of amides is 1. The Balaban J connectivity index is 1.75. The minimum atomic E-state index is 0.177. The number of nitrogens with zero attached hydrogens (tertiary/aromatic N) is 1. The van der Waals surface area contributed by atoms with Crippen molar-refractivity contribution in [1.29, 1.82) is 0 Å². The standard InChI is InChI=1S/C20H32N2OS/c1-5-21-14-16-10-12-22(13-11-16)19(23)15-24-18-8-6-17(7-9-18)20(2,3)4/h6-9,16,21H,5,10-15H2,1-4H3. The van der Waals surface area contributed by atoms with Crippen LogP contribution in [0.2, 0.25) is 0 Å². The molecule has 24 heavy (non-hydrogen) atoms. The van der Waals surface area contributed by atoms with E-state index in [-0.39, 0.29) is 11.3 Å². The minimum Gasteiger partial charge on any atom is -0.342 e. The van der Waals surface area contributed by atoms with Gasteiger partial charge in [0, 0.05) is 18.0 Å². The molecule has 134 valence electrons. The number of carbonyl (C=O) groups excluding carboxylic acids is 1. The second kappa shape index (κ2) is 8.91. The third kappa shape index (κ3) is 5.82. The number of piperidine rings is 1. The summed E-state index contributed by atoms with van der Waals surface area (Å²) < 4.78 is 0. The average molecular weight is 349 g/mol. The van der Waals surface area contributed by atoms with Crippen LogP contribution in [-0.2, 0) is 10.2 Å². The zero-order chi connectivity index (χ0) is 17.6. The molecule has 3 nitrogen and oxygen atoms in total. The van der Waals surface area contributed by atoms with Crippen molar-refractivity contribution in [1.82, 2.24) is 10.2 Å². The third-order valence-electron chi connectivity index (χ3n) is 4.73. The Hall–Kier alpha value is -1.00. The van der Waals surface area contributed by atoms with E-state index in [9.17, 15) is 4.79 Å². The molecule has 1 heterocycles. The van der Waals surface area contributed by atoms with Crippen LogP contribution < -0.4 is 5.32 Å². The molecule has 1 aromatic rings. The molecule has 0 bridgehead atoms. The SMILES string of the molecule is CCNCC1CCN(C(=O)CSc2ccc(C(C)(C)C)cc2)CC1. The Morgan fingerprint density at radius 2 is 1.83 bits per heavy atom. The number of rotatable bonds is 6. The number of likely N-dealkylation sites (tertiary alicyclic amines) is 1. The van der Waals surface area contributed by atoms with Crippen LogP contribution in [-0.4, -0.2) is 42.7 Å². The molecule has 4 heteroatoms. The Bertz CT molecular complexity index is 513. The van der Waals surface area contributed by atoms with Gasteiger partial charge in [0.25, 0.3) is 0 Å². The summed E-state index contributed by atoms with van der Waals surface area (Å²) in [6.07, 6.45) is 2.26. The Kier molecular flexibility index (Phi) is 7.17. The monoisotopic (exact) mass is 348 g/mol.